The third kappa shape index (κ3) is 4.43. The second kappa shape index (κ2) is 8.21. The predicted octanol–water partition coefficient (Wildman–Crippen LogP) is 4.95. The number of hydrogen-bond acceptors (Lipinski definition) is 1. The van der Waals surface area contributed by atoms with Gasteiger partial charge in [-0.25, -0.2) is 0 Å². The molecule has 3 aromatic rings. The van der Waals surface area contributed by atoms with Crippen LogP contribution in [0.1, 0.15) is 30.9 Å². The molecule has 0 aliphatic heterocycles. The molecule has 0 atom stereocenters. The monoisotopic (exact) mass is 354 g/mol. The van der Waals surface area contributed by atoms with Crippen LogP contribution in [0.25, 0.3) is 10.9 Å². The van der Waals surface area contributed by atoms with Crippen LogP contribution in [0.2, 0.25) is 5.02 Å². The Kier molecular flexibility index (Phi) is 5.77. The molecule has 2 aromatic carbocycles. The number of hydrogen-bond donors (Lipinski definition) is 1. The van der Waals surface area contributed by atoms with Crippen LogP contribution in [0.5, 0.6) is 0 Å². The van der Waals surface area contributed by atoms with Gasteiger partial charge in [0.15, 0.2) is 0 Å². The summed E-state index contributed by atoms with van der Waals surface area (Å²) >= 11 is 5.96. The van der Waals surface area contributed by atoms with Crippen molar-refractivity contribution in [2.75, 3.05) is 0 Å². The Morgan fingerprint density at radius 2 is 2.00 bits per heavy atom. The average Bonchev–Trinajstić information content (AvgIpc) is 2.98. The molecule has 0 bridgehead atoms. The van der Waals surface area contributed by atoms with Gasteiger partial charge in [-0.3, -0.25) is 4.79 Å². The van der Waals surface area contributed by atoms with E-state index in [-0.39, 0.29) is 5.91 Å². The first-order chi connectivity index (χ1) is 12.2. The van der Waals surface area contributed by atoms with Crippen molar-refractivity contribution in [3.63, 3.8) is 0 Å². The molecule has 1 amide bonds. The largest absolute Gasteiger partial charge is 0.352 e. The van der Waals surface area contributed by atoms with Crippen LogP contribution in [0.15, 0.2) is 54.7 Å². The van der Waals surface area contributed by atoms with Gasteiger partial charge < -0.3 is 9.88 Å². The van der Waals surface area contributed by atoms with Gasteiger partial charge in [-0.2, -0.15) is 0 Å². The zero-order valence-electron chi connectivity index (χ0n) is 14.5. The van der Waals surface area contributed by atoms with Crippen LogP contribution in [0.3, 0.4) is 0 Å². The van der Waals surface area contributed by atoms with Crippen molar-refractivity contribution < 1.29 is 4.79 Å². The molecule has 1 N–H and O–H groups in total. The van der Waals surface area contributed by atoms with E-state index >= 15 is 0 Å². The van der Waals surface area contributed by atoms with Crippen molar-refractivity contribution in [2.24, 2.45) is 0 Å². The van der Waals surface area contributed by atoms with Crippen molar-refractivity contribution in [1.82, 2.24) is 9.88 Å². The van der Waals surface area contributed by atoms with E-state index in [4.69, 9.17) is 11.6 Å². The van der Waals surface area contributed by atoms with Crippen LogP contribution in [-0.4, -0.2) is 10.5 Å². The first-order valence-corrected chi connectivity index (χ1v) is 9.13. The van der Waals surface area contributed by atoms with E-state index in [9.17, 15) is 4.79 Å². The Morgan fingerprint density at radius 3 is 2.80 bits per heavy atom. The summed E-state index contributed by atoms with van der Waals surface area (Å²) < 4.78 is 2.27. The number of fused-ring (bicyclic) bond motifs is 1. The third-order valence-corrected chi connectivity index (χ3v) is 4.68. The maximum atomic E-state index is 12.1. The minimum Gasteiger partial charge on any atom is -0.352 e. The zero-order chi connectivity index (χ0) is 17.6. The summed E-state index contributed by atoms with van der Waals surface area (Å²) in [6.07, 6.45) is 4.51. The fourth-order valence-electron chi connectivity index (χ4n) is 3.16. The summed E-state index contributed by atoms with van der Waals surface area (Å²) in [7, 11) is 0. The highest BCUT2D eigenvalue weighted by atomic mass is 35.5. The number of aromatic nitrogens is 1. The van der Waals surface area contributed by atoms with Crippen molar-refractivity contribution in [1.29, 1.82) is 0 Å². The molecule has 0 fully saturated rings. The Labute approximate surface area is 153 Å². The summed E-state index contributed by atoms with van der Waals surface area (Å²) in [5.41, 5.74) is 3.61. The maximum Gasteiger partial charge on any atom is 0.220 e. The molecule has 0 aliphatic rings. The number of nitrogens with zero attached hydrogens (tertiary/aromatic N) is 1. The molecule has 0 spiro atoms. The van der Waals surface area contributed by atoms with Crippen molar-refractivity contribution in [3.05, 3.63) is 70.9 Å². The molecular weight excluding hydrogens is 332 g/mol. The lowest BCUT2D eigenvalue weighted by Crippen LogP contribution is -2.22. The van der Waals surface area contributed by atoms with Crippen LogP contribution in [-0.2, 0) is 24.3 Å². The van der Waals surface area contributed by atoms with Gasteiger partial charge in [0, 0.05) is 41.6 Å². The van der Waals surface area contributed by atoms with E-state index < -0.39 is 0 Å². The maximum absolute atomic E-state index is 12.1. The number of nitrogens with one attached hydrogen (secondary N) is 1. The van der Waals surface area contributed by atoms with Crippen molar-refractivity contribution in [3.8, 4) is 0 Å². The van der Waals surface area contributed by atoms with Gasteiger partial charge in [0.05, 0.1) is 0 Å². The minimum atomic E-state index is 0.0826. The number of aryl methyl sites for hydroxylation is 2. The average molecular weight is 355 g/mol. The van der Waals surface area contributed by atoms with Gasteiger partial charge >= 0.3 is 0 Å². The van der Waals surface area contributed by atoms with Crippen LogP contribution >= 0.6 is 11.6 Å². The first kappa shape index (κ1) is 17.6. The number of halogens is 1. The number of carbonyl (C=O) groups is 1. The normalized spacial score (nSPS) is 11.0. The molecule has 0 unspecified atom stereocenters. The number of benzene rings is 2. The molecular formula is C21H23ClN2O. The van der Waals surface area contributed by atoms with Crippen LogP contribution in [0.4, 0.5) is 0 Å². The summed E-state index contributed by atoms with van der Waals surface area (Å²) in [4.78, 5) is 12.1. The van der Waals surface area contributed by atoms with Crippen LogP contribution < -0.4 is 5.32 Å². The molecule has 0 aliphatic carbocycles. The lowest BCUT2D eigenvalue weighted by Gasteiger charge is -2.06. The summed E-state index contributed by atoms with van der Waals surface area (Å²) in [6, 6.07) is 16.0. The quantitative estimate of drug-likeness (QED) is 0.639. The van der Waals surface area contributed by atoms with Gasteiger partial charge in [-0.05, 0) is 49.1 Å². The van der Waals surface area contributed by atoms with Gasteiger partial charge in [0.2, 0.25) is 5.91 Å². The number of carbonyl (C=O) groups excluding carboxylic acids is 1. The second-order valence-electron chi connectivity index (χ2n) is 6.22. The van der Waals surface area contributed by atoms with E-state index in [1.54, 1.807) is 0 Å². The summed E-state index contributed by atoms with van der Waals surface area (Å²) in [5, 5.41) is 4.95. The number of amides is 1. The van der Waals surface area contributed by atoms with Gasteiger partial charge in [0.1, 0.15) is 0 Å². The van der Waals surface area contributed by atoms with E-state index in [1.807, 2.05) is 24.3 Å². The Morgan fingerprint density at radius 1 is 1.16 bits per heavy atom. The standard InChI is InChI=1S/C21H23ClN2O/c1-2-24-15-17(19-10-3-4-11-20(19)24)8-6-12-21(25)23-14-16-7-5-9-18(22)13-16/h3-5,7,9-11,13,15H,2,6,8,12,14H2,1H3,(H,23,25). The molecule has 0 radical (unpaired) electrons. The third-order valence-electron chi connectivity index (χ3n) is 4.44. The Bertz CT molecular complexity index is 869. The molecule has 0 saturated heterocycles. The zero-order valence-corrected chi connectivity index (χ0v) is 15.2. The van der Waals surface area contributed by atoms with E-state index in [2.05, 4.69) is 47.3 Å². The highest BCUT2D eigenvalue weighted by Crippen LogP contribution is 2.22. The van der Waals surface area contributed by atoms with Crippen molar-refractivity contribution >= 4 is 28.4 Å². The topological polar surface area (TPSA) is 34.0 Å². The summed E-state index contributed by atoms with van der Waals surface area (Å²) in [6.45, 7) is 3.63. The Hall–Kier alpha value is -2.26. The van der Waals surface area contributed by atoms with Gasteiger partial charge in [0.25, 0.3) is 0 Å². The van der Waals surface area contributed by atoms with E-state index in [0.29, 0.717) is 18.0 Å². The van der Waals surface area contributed by atoms with E-state index in [0.717, 1.165) is 24.9 Å². The molecule has 1 aromatic heterocycles. The van der Waals surface area contributed by atoms with Gasteiger partial charge in [-0.1, -0.05) is 41.9 Å². The molecule has 3 rings (SSSR count). The highest BCUT2D eigenvalue weighted by molar-refractivity contribution is 6.30. The van der Waals surface area contributed by atoms with Crippen LogP contribution in [0, 0.1) is 0 Å². The predicted molar refractivity (Wildman–Crippen MR) is 104 cm³/mol. The number of rotatable bonds is 7. The highest BCUT2D eigenvalue weighted by Gasteiger charge is 2.08. The lowest BCUT2D eigenvalue weighted by atomic mass is 10.1. The SMILES string of the molecule is CCn1cc(CCCC(=O)NCc2cccc(Cl)c2)c2ccccc21. The summed E-state index contributed by atoms with van der Waals surface area (Å²) in [5.74, 6) is 0.0826. The molecule has 130 valence electrons. The first-order valence-electron chi connectivity index (χ1n) is 8.75. The van der Waals surface area contributed by atoms with Gasteiger partial charge in [-0.15, -0.1) is 0 Å². The fraction of sp³-hybridized carbons (Fsp3) is 0.286. The molecule has 4 heteroatoms. The molecule has 3 nitrogen and oxygen atoms in total. The lowest BCUT2D eigenvalue weighted by molar-refractivity contribution is -0.121. The second-order valence-corrected chi connectivity index (χ2v) is 6.65. The molecule has 0 saturated carbocycles. The Balaban J connectivity index is 1.52. The minimum absolute atomic E-state index is 0.0826. The molecule has 25 heavy (non-hydrogen) atoms. The fourth-order valence-corrected chi connectivity index (χ4v) is 3.37. The van der Waals surface area contributed by atoms with E-state index in [1.165, 1.54) is 16.5 Å². The molecule has 1 heterocycles. The van der Waals surface area contributed by atoms with Crippen molar-refractivity contribution in [2.45, 2.75) is 39.3 Å². The smallest absolute Gasteiger partial charge is 0.220 e. The number of para-hydroxylation sites is 1.